The van der Waals surface area contributed by atoms with E-state index in [0.717, 1.165) is 48.5 Å². The number of carbonyl (C=O) groups excluding carboxylic acids is 2. The minimum absolute atomic E-state index is 0.101. The molecule has 0 radical (unpaired) electrons. The van der Waals surface area contributed by atoms with Crippen molar-refractivity contribution in [2.45, 2.75) is 12.7 Å². The van der Waals surface area contributed by atoms with Crippen LogP contribution in [0.5, 0.6) is 11.5 Å². The first kappa shape index (κ1) is 22.4. The third-order valence-electron chi connectivity index (χ3n) is 2.98. The van der Waals surface area contributed by atoms with Crippen LogP contribution in [-0.4, -0.2) is 24.8 Å². The molecule has 162 valence electrons. The maximum Gasteiger partial charge on any atom is 0.573 e. The molecule has 2 rings (SSSR count). The molecule has 0 aliphatic rings. The Morgan fingerprint density at radius 1 is 0.600 bits per heavy atom. The molecule has 2 aromatic rings. The van der Waals surface area contributed by atoms with Crippen molar-refractivity contribution in [3.8, 4) is 11.5 Å². The number of carbonyl (C=O) groups is 2. The van der Waals surface area contributed by atoms with Gasteiger partial charge in [0.25, 0.3) is 0 Å². The molecule has 0 aromatic heterocycles. The monoisotopic (exact) mass is 438 g/mol. The van der Waals surface area contributed by atoms with Gasteiger partial charge >= 0.3 is 24.8 Å². The molecule has 0 saturated heterocycles. The zero-order valence-corrected chi connectivity index (χ0v) is 14.5. The lowest BCUT2D eigenvalue weighted by molar-refractivity contribution is -0.275. The molecule has 4 N–H and O–H groups in total. The largest absolute Gasteiger partial charge is 0.573 e. The Morgan fingerprint density at radius 3 is 1.17 bits per heavy atom. The molecule has 0 atom stereocenters. The van der Waals surface area contributed by atoms with Gasteiger partial charge < -0.3 is 20.1 Å². The van der Waals surface area contributed by atoms with Crippen molar-refractivity contribution >= 4 is 23.4 Å². The molecule has 0 saturated carbocycles. The molecule has 8 nitrogen and oxygen atoms in total. The summed E-state index contributed by atoms with van der Waals surface area (Å²) in [7, 11) is 0. The molecular formula is C16H12F6N4O4. The molecule has 0 heterocycles. The summed E-state index contributed by atoms with van der Waals surface area (Å²) >= 11 is 0. The normalized spacial score (nSPS) is 11.3. The fourth-order valence-corrected chi connectivity index (χ4v) is 1.92. The number of urea groups is 2. The Labute approximate surface area is 164 Å². The Balaban J connectivity index is 1.77. The van der Waals surface area contributed by atoms with E-state index in [1.54, 1.807) is 0 Å². The molecule has 14 heteroatoms. The van der Waals surface area contributed by atoms with Gasteiger partial charge in [0.1, 0.15) is 11.5 Å². The molecule has 4 amide bonds. The lowest BCUT2D eigenvalue weighted by Gasteiger charge is -2.12. The van der Waals surface area contributed by atoms with E-state index in [9.17, 15) is 35.9 Å². The van der Waals surface area contributed by atoms with Crippen LogP contribution in [0.25, 0.3) is 0 Å². The third-order valence-corrected chi connectivity index (χ3v) is 2.98. The summed E-state index contributed by atoms with van der Waals surface area (Å²) in [6.07, 6.45) is -9.70. The number of alkyl halides is 6. The van der Waals surface area contributed by atoms with Gasteiger partial charge in [-0.1, -0.05) is 0 Å². The number of hydrogen-bond donors (Lipinski definition) is 4. The van der Waals surface area contributed by atoms with Crippen LogP contribution in [0.4, 0.5) is 47.3 Å². The minimum Gasteiger partial charge on any atom is -0.406 e. The van der Waals surface area contributed by atoms with Crippen LogP contribution in [0.3, 0.4) is 0 Å². The van der Waals surface area contributed by atoms with E-state index >= 15 is 0 Å². The van der Waals surface area contributed by atoms with Crippen LogP contribution in [0.15, 0.2) is 48.5 Å². The van der Waals surface area contributed by atoms with Crippen molar-refractivity contribution in [2.75, 3.05) is 10.6 Å². The fourth-order valence-electron chi connectivity index (χ4n) is 1.92. The Morgan fingerprint density at radius 2 is 0.900 bits per heavy atom. The van der Waals surface area contributed by atoms with Crippen LogP contribution in [0, 0.1) is 0 Å². The van der Waals surface area contributed by atoms with Crippen LogP contribution in [0.1, 0.15) is 0 Å². The topological polar surface area (TPSA) is 101 Å². The average Bonchev–Trinajstić information content (AvgIpc) is 2.61. The number of amides is 4. The quantitative estimate of drug-likeness (QED) is 0.422. The van der Waals surface area contributed by atoms with E-state index in [4.69, 9.17) is 0 Å². The van der Waals surface area contributed by atoms with Crippen molar-refractivity contribution in [3.63, 3.8) is 0 Å². The Bertz CT molecular complexity index is 796. The molecule has 0 unspecified atom stereocenters. The Hall–Kier alpha value is -3.84. The van der Waals surface area contributed by atoms with Gasteiger partial charge in [0.15, 0.2) is 0 Å². The van der Waals surface area contributed by atoms with E-state index in [2.05, 4.69) is 20.1 Å². The van der Waals surface area contributed by atoms with Gasteiger partial charge in [-0.25, -0.2) is 20.4 Å². The summed E-state index contributed by atoms with van der Waals surface area (Å²) < 4.78 is 79.8. The van der Waals surface area contributed by atoms with E-state index in [0.29, 0.717) is 0 Å². The predicted molar refractivity (Wildman–Crippen MR) is 90.6 cm³/mol. The van der Waals surface area contributed by atoms with Crippen molar-refractivity contribution in [2.24, 2.45) is 0 Å². The standard InChI is InChI=1S/C16H12F6N4O4/c17-15(18,19)29-11-5-1-9(2-6-11)23-13(27)25-26-14(28)24-10-3-7-12(8-4-10)30-16(20,21)22/h1-8H,(H2,23,25,27)(H2,24,26,28). The van der Waals surface area contributed by atoms with Crippen LogP contribution < -0.4 is 31.0 Å². The van der Waals surface area contributed by atoms with E-state index in [-0.39, 0.29) is 11.4 Å². The van der Waals surface area contributed by atoms with E-state index in [1.165, 1.54) is 0 Å². The molecule has 0 bridgehead atoms. The second kappa shape index (κ2) is 9.11. The first-order valence-electron chi connectivity index (χ1n) is 7.75. The second-order valence-corrected chi connectivity index (χ2v) is 5.30. The highest BCUT2D eigenvalue weighted by Gasteiger charge is 2.31. The number of hydrazine groups is 1. The van der Waals surface area contributed by atoms with E-state index < -0.39 is 36.3 Å². The first-order chi connectivity index (χ1) is 13.9. The fraction of sp³-hybridized carbons (Fsp3) is 0.125. The molecule has 0 aliphatic carbocycles. The van der Waals surface area contributed by atoms with Crippen molar-refractivity contribution in [3.05, 3.63) is 48.5 Å². The van der Waals surface area contributed by atoms with Crippen LogP contribution in [0.2, 0.25) is 0 Å². The summed E-state index contributed by atoms with van der Waals surface area (Å²) in [5.41, 5.74) is 4.10. The van der Waals surface area contributed by atoms with Crippen molar-refractivity contribution in [1.29, 1.82) is 0 Å². The molecular weight excluding hydrogens is 426 g/mol. The molecule has 30 heavy (non-hydrogen) atoms. The van der Waals surface area contributed by atoms with Gasteiger partial charge in [0.2, 0.25) is 0 Å². The van der Waals surface area contributed by atoms with Gasteiger partial charge in [0.05, 0.1) is 0 Å². The van der Waals surface area contributed by atoms with Crippen molar-refractivity contribution in [1.82, 2.24) is 10.9 Å². The van der Waals surface area contributed by atoms with Gasteiger partial charge in [-0.2, -0.15) is 0 Å². The van der Waals surface area contributed by atoms with Crippen LogP contribution in [-0.2, 0) is 0 Å². The average molecular weight is 438 g/mol. The smallest absolute Gasteiger partial charge is 0.406 e. The second-order valence-electron chi connectivity index (χ2n) is 5.30. The third kappa shape index (κ3) is 8.45. The molecule has 2 aromatic carbocycles. The van der Waals surface area contributed by atoms with Crippen LogP contribution >= 0.6 is 0 Å². The number of anilines is 2. The van der Waals surface area contributed by atoms with Gasteiger partial charge in [0, 0.05) is 11.4 Å². The summed E-state index contributed by atoms with van der Waals surface area (Å²) in [5.74, 6) is -0.977. The number of ether oxygens (including phenoxy) is 2. The lowest BCUT2D eigenvalue weighted by atomic mass is 10.3. The van der Waals surface area contributed by atoms with Crippen molar-refractivity contribution < 1.29 is 45.4 Å². The van der Waals surface area contributed by atoms with Gasteiger partial charge in [-0.3, -0.25) is 0 Å². The zero-order chi connectivity index (χ0) is 22.4. The zero-order valence-electron chi connectivity index (χ0n) is 14.5. The minimum atomic E-state index is -4.85. The number of rotatable bonds is 4. The highest BCUT2D eigenvalue weighted by atomic mass is 19.4. The Kier molecular flexibility index (Phi) is 6.81. The SMILES string of the molecule is O=C(NNC(=O)Nc1ccc(OC(F)(F)F)cc1)Nc1ccc(OC(F)(F)F)cc1. The summed E-state index contributed by atoms with van der Waals surface area (Å²) in [6, 6.07) is 6.54. The summed E-state index contributed by atoms with van der Waals surface area (Å²) in [6.45, 7) is 0. The maximum atomic E-state index is 12.1. The first-order valence-corrected chi connectivity index (χ1v) is 7.75. The molecule has 0 fully saturated rings. The highest BCUT2D eigenvalue weighted by molar-refractivity contribution is 5.94. The number of halogens is 6. The summed E-state index contributed by atoms with van der Waals surface area (Å²) in [4.78, 5) is 23.3. The number of hydrogen-bond acceptors (Lipinski definition) is 4. The van der Waals surface area contributed by atoms with Gasteiger partial charge in [-0.15, -0.1) is 26.3 Å². The molecule has 0 spiro atoms. The molecule has 0 aliphatic heterocycles. The lowest BCUT2D eigenvalue weighted by Crippen LogP contribution is -2.45. The maximum absolute atomic E-state index is 12.1. The van der Waals surface area contributed by atoms with Gasteiger partial charge in [-0.05, 0) is 48.5 Å². The van der Waals surface area contributed by atoms with E-state index in [1.807, 2.05) is 10.9 Å². The highest BCUT2D eigenvalue weighted by Crippen LogP contribution is 2.24. The number of nitrogens with one attached hydrogen (secondary N) is 4. The predicted octanol–water partition coefficient (Wildman–Crippen LogP) is 4.34. The number of benzene rings is 2. The summed E-state index contributed by atoms with van der Waals surface area (Å²) in [5, 5.41) is 4.46.